The summed E-state index contributed by atoms with van der Waals surface area (Å²) >= 11 is 6.30. The van der Waals surface area contributed by atoms with Gasteiger partial charge in [0.1, 0.15) is 0 Å². The van der Waals surface area contributed by atoms with Crippen molar-refractivity contribution in [1.82, 2.24) is 5.32 Å². The Morgan fingerprint density at radius 3 is 2.80 bits per heavy atom. The Hall–Kier alpha value is -1.46. The van der Waals surface area contributed by atoms with Crippen LogP contribution in [-0.4, -0.2) is 38.9 Å². The Morgan fingerprint density at radius 1 is 1.40 bits per heavy atom. The molecule has 1 aromatic rings. The molecule has 0 aromatic heterocycles. The maximum absolute atomic E-state index is 11.6. The van der Waals surface area contributed by atoms with Gasteiger partial charge >= 0.3 is 6.03 Å². The number of anilines is 2. The minimum absolute atomic E-state index is 0.206. The van der Waals surface area contributed by atoms with Gasteiger partial charge in [-0.3, -0.25) is 0 Å². The van der Waals surface area contributed by atoms with Crippen LogP contribution in [0.3, 0.4) is 0 Å². The number of hydrogen-bond donors (Lipinski definition) is 2. The molecule has 1 saturated heterocycles. The highest BCUT2D eigenvalue weighted by Crippen LogP contribution is 2.29. The lowest BCUT2D eigenvalue weighted by Gasteiger charge is -2.29. The van der Waals surface area contributed by atoms with Crippen molar-refractivity contribution in [1.29, 1.82) is 0 Å². The van der Waals surface area contributed by atoms with Crippen molar-refractivity contribution >= 4 is 29.0 Å². The van der Waals surface area contributed by atoms with Crippen LogP contribution in [-0.2, 0) is 4.74 Å². The number of halogens is 1. The van der Waals surface area contributed by atoms with Crippen LogP contribution in [0.2, 0.25) is 5.02 Å². The van der Waals surface area contributed by atoms with Crippen molar-refractivity contribution in [3.05, 3.63) is 23.2 Å². The number of nitrogens with zero attached hydrogens (tertiary/aromatic N) is 1. The molecule has 0 radical (unpaired) electrons. The fourth-order valence-corrected chi connectivity index (χ4v) is 2.36. The molecule has 0 atom stereocenters. The maximum Gasteiger partial charge on any atom is 0.319 e. The Labute approximate surface area is 124 Å². The molecular formula is C14H20ClN3O2. The number of benzene rings is 1. The van der Waals surface area contributed by atoms with Crippen molar-refractivity contribution in [2.75, 3.05) is 43.1 Å². The van der Waals surface area contributed by atoms with E-state index < -0.39 is 0 Å². The smallest absolute Gasteiger partial charge is 0.319 e. The van der Waals surface area contributed by atoms with Crippen molar-refractivity contribution < 1.29 is 9.53 Å². The number of ether oxygens (including phenoxy) is 1. The molecule has 2 amide bonds. The highest BCUT2D eigenvalue weighted by atomic mass is 35.5. The van der Waals surface area contributed by atoms with Crippen LogP contribution in [0.4, 0.5) is 16.2 Å². The fraction of sp³-hybridized carbons (Fsp3) is 0.500. The van der Waals surface area contributed by atoms with Crippen molar-refractivity contribution in [3.8, 4) is 0 Å². The zero-order valence-corrected chi connectivity index (χ0v) is 12.4. The molecule has 0 saturated carbocycles. The van der Waals surface area contributed by atoms with Crippen LogP contribution < -0.4 is 15.5 Å². The predicted octanol–water partition coefficient (Wildman–Crippen LogP) is 2.71. The van der Waals surface area contributed by atoms with E-state index in [1.807, 2.05) is 19.1 Å². The SMILES string of the molecule is CCCNC(=O)Nc1ccc(N2CCOCC2)c(Cl)c1. The van der Waals surface area contributed by atoms with E-state index in [2.05, 4.69) is 15.5 Å². The first-order chi connectivity index (χ1) is 9.70. The summed E-state index contributed by atoms with van der Waals surface area (Å²) < 4.78 is 5.32. The Balaban J connectivity index is 1.99. The van der Waals surface area contributed by atoms with Crippen molar-refractivity contribution in [3.63, 3.8) is 0 Å². The van der Waals surface area contributed by atoms with Gasteiger partial charge in [-0.1, -0.05) is 18.5 Å². The molecule has 110 valence electrons. The summed E-state index contributed by atoms with van der Waals surface area (Å²) in [6, 6.07) is 5.37. The van der Waals surface area contributed by atoms with Gasteiger partial charge in [0.05, 0.1) is 23.9 Å². The summed E-state index contributed by atoms with van der Waals surface area (Å²) in [5.74, 6) is 0. The lowest BCUT2D eigenvalue weighted by molar-refractivity contribution is 0.122. The lowest BCUT2D eigenvalue weighted by Crippen LogP contribution is -2.36. The van der Waals surface area contributed by atoms with Crippen LogP contribution >= 0.6 is 11.6 Å². The van der Waals surface area contributed by atoms with Gasteiger partial charge < -0.3 is 20.3 Å². The average Bonchev–Trinajstić information content (AvgIpc) is 2.46. The molecule has 1 heterocycles. The normalized spacial score (nSPS) is 15.0. The monoisotopic (exact) mass is 297 g/mol. The third-order valence-electron chi connectivity index (χ3n) is 3.09. The first-order valence-electron chi connectivity index (χ1n) is 6.88. The highest BCUT2D eigenvalue weighted by Gasteiger charge is 2.14. The van der Waals surface area contributed by atoms with E-state index in [0.717, 1.165) is 38.4 Å². The van der Waals surface area contributed by atoms with E-state index in [0.29, 0.717) is 17.3 Å². The summed E-state index contributed by atoms with van der Waals surface area (Å²) in [6.07, 6.45) is 0.907. The molecule has 0 bridgehead atoms. The van der Waals surface area contributed by atoms with Gasteiger partial charge in [0, 0.05) is 25.3 Å². The van der Waals surface area contributed by atoms with Gasteiger partial charge in [0.15, 0.2) is 0 Å². The van der Waals surface area contributed by atoms with Gasteiger partial charge in [0.25, 0.3) is 0 Å². The van der Waals surface area contributed by atoms with Gasteiger partial charge in [-0.25, -0.2) is 4.79 Å². The van der Waals surface area contributed by atoms with E-state index in [-0.39, 0.29) is 6.03 Å². The van der Waals surface area contributed by atoms with Crippen molar-refractivity contribution in [2.24, 2.45) is 0 Å². The van der Waals surface area contributed by atoms with Gasteiger partial charge in [-0.15, -0.1) is 0 Å². The summed E-state index contributed by atoms with van der Waals surface area (Å²) in [5.41, 5.74) is 1.68. The zero-order valence-electron chi connectivity index (χ0n) is 11.6. The van der Waals surface area contributed by atoms with Crippen LogP contribution in [0.25, 0.3) is 0 Å². The van der Waals surface area contributed by atoms with E-state index in [1.54, 1.807) is 6.07 Å². The van der Waals surface area contributed by atoms with Crippen LogP contribution in [0.15, 0.2) is 18.2 Å². The minimum atomic E-state index is -0.206. The molecule has 1 fully saturated rings. The Kier molecular flexibility index (Phi) is 5.49. The second-order valence-electron chi connectivity index (χ2n) is 4.65. The third-order valence-corrected chi connectivity index (χ3v) is 3.40. The summed E-state index contributed by atoms with van der Waals surface area (Å²) in [7, 11) is 0. The van der Waals surface area contributed by atoms with Gasteiger partial charge in [-0.05, 0) is 24.6 Å². The van der Waals surface area contributed by atoms with Crippen molar-refractivity contribution in [2.45, 2.75) is 13.3 Å². The number of amides is 2. The summed E-state index contributed by atoms with van der Waals surface area (Å²) in [4.78, 5) is 13.8. The van der Waals surface area contributed by atoms with Gasteiger partial charge in [-0.2, -0.15) is 0 Å². The topological polar surface area (TPSA) is 53.6 Å². The molecule has 2 N–H and O–H groups in total. The van der Waals surface area contributed by atoms with E-state index >= 15 is 0 Å². The first-order valence-corrected chi connectivity index (χ1v) is 7.25. The van der Waals surface area contributed by atoms with Crippen LogP contribution in [0.1, 0.15) is 13.3 Å². The molecule has 5 nitrogen and oxygen atoms in total. The highest BCUT2D eigenvalue weighted by molar-refractivity contribution is 6.33. The predicted molar refractivity (Wildman–Crippen MR) is 81.8 cm³/mol. The number of nitrogens with one attached hydrogen (secondary N) is 2. The van der Waals surface area contributed by atoms with E-state index in [9.17, 15) is 4.79 Å². The van der Waals surface area contributed by atoms with Gasteiger partial charge in [0.2, 0.25) is 0 Å². The molecule has 0 unspecified atom stereocenters. The standard InChI is InChI=1S/C14H20ClN3O2/c1-2-5-16-14(19)17-11-3-4-13(12(15)10-11)18-6-8-20-9-7-18/h3-4,10H,2,5-9H2,1H3,(H2,16,17,19). The molecule has 1 aliphatic heterocycles. The summed E-state index contributed by atoms with van der Waals surface area (Å²) in [5, 5.41) is 6.17. The molecular weight excluding hydrogens is 278 g/mol. The minimum Gasteiger partial charge on any atom is -0.378 e. The quantitative estimate of drug-likeness (QED) is 0.898. The number of rotatable bonds is 4. The molecule has 1 aromatic carbocycles. The molecule has 20 heavy (non-hydrogen) atoms. The molecule has 0 spiro atoms. The number of morpholine rings is 1. The van der Waals surface area contributed by atoms with E-state index in [1.165, 1.54) is 0 Å². The van der Waals surface area contributed by atoms with E-state index in [4.69, 9.17) is 16.3 Å². The summed E-state index contributed by atoms with van der Waals surface area (Å²) in [6.45, 7) is 5.78. The third kappa shape index (κ3) is 4.02. The second-order valence-corrected chi connectivity index (χ2v) is 5.05. The Morgan fingerprint density at radius 2 is 2.15 bits per heavy atom. The first kappa shape index (κ1) is 14.9. The van der Waals surface area contributed by atoms with Crippen LogP contribution in [0, 0.1) is 0 Å². The largest absolute Gasteiger partial charge is 0.378 e. The Bertz CT molecular complexity index is 462. The number of urea groups is 1. The second kappa shape index (κ2) is 7.36. The average molecular weight is 298 g/mol. The lowest BCUT2D eigenvalue weighted by atomic mass is 10.2. The fourth-order valence-electron chi connectivity index (χ4n) is 2.06. The van der Waals surface area contributed by atoms with Crippen LogP contribution in [0.5, 0.6) is 0 Å². The number of hydrogen-bond acceptors (Lipinski definition) is 3. The molecule has 1 aliphatic rings. The molecule has 6 heteroatoms. The number of carbonyl (C=O) groups excluding carboxylic acids is 1. The maximum atomic E-state index is 11.6. The zero-order chi connectivity index (χ0) is 14.4. The number of carbonyl (C=O) groups is 1. The molecule has 2 rings (SSSR count). The molecule has 0 aliphatic carbocycles.